The molecule has 1 aromatic carbocycles. The predicted molar refractivity (Wildman–Crippen MR) is 68.6 cm³/mol. The van der Waals surface area contributed by atoms with Gasteiger partial charge in [0.05, 0.1) is 0 Å². The first-order valence-corrected chi connectivity index (χ1v) is 6.29. The van der Waals surface area contributed by atoms with E-state index >= 15 is 0 Å². The maximum absolute atomic E-state index is 11.1. The van der Waals surface area contributed by atoms with Crippen molar-refractivity contribution in [1.82, 2.24) is 0 Å². The van der Waals surface area contributed by atoms with Gasteiger partial charge in [0.1, 0.15) is 5.78 Å². The maximum Gasteiger partial charge on any atom is 0.132 e. The molecule has 1 nitrogen and oxygen atoms in total. The van der Waals surface area contributed by atoms with Gasteiger partial charge in [0.15, 0.2) is 0 Å². The number of unbranched alkanes of at least 4 members (excludes halogenated alkanes) is 2. The number of carbonyl (C=O) groups is 1. The molecule has 0 aliphatic heterocycles. The summed E-state index contributed by atoms with van der Waals surface area (Å²) in [5.41, 5.74) is 2.73. The monoisotopic (exact) mass is 218 g/mol. The first-order chi connectivity index (χ1) is 7.72. The highest BCUT2D eigenvalue weighted by molar-refractivity contribution is 5.77. The summed E-state index contributed by atoms with van der Waals surface area (Å²) in [6.45, 7) is 4.05. The number of hydrogen-bond acceptors (Lipinski definition) is 1. The van der Waals surface area contributed by atoms with Crippen LogP contribution < -0.4 is 0 Å². The highest BCUT2D eigenvalue weighted by Crippen LogP contribution is 2.09. The van der Waals surface area contributed by atoms with Crippen LogP contribution in [0.3, 0.4) is 0 Å². The topological polar surface area (TPSA) is 17.1 Å². The van der Waals surface area contributed by atoms with Gasteiger partial charge in [-0.25, -0.2) is 0 Å². The molecule has 0 aromatic heterocycles. The Kier molecular flexibility index (Phi) is 5.84. The molecule has 0 saturated heterocycles. The van der Waals surface area contributed by atoms with E-state index in [0.29, 0.717) is 12.2 Å². The third kappa shape index (κ3) is 5.11. The molecule has 0 unspecified atom stereocenters. The zero-order chi connectivity index (χ0) is 11.8. The van der Waals surface area contributed by atoms with E-state index in [1.165, 1.54) is 24.0 Å². The molecule has 0 atom stereocenters. The van der Waals surface area contributed by atoms with Gasteiger partial charge in [0.2, 0.25) is 0 Å². The van der Waals surface area contributed by atoms with Crippen molar-refractivity contribution in [3.63, 3.8) is 0 Å². The molecule has 88 valence electrons. The molecular weight excluding hydrogens is 196 g/mol. The van der Waals surface area contributed by atoms with Crippen molar-refractivity contribution in [2.75, 3.05) is 0 Å². The van der Waals surface area contributed by atoms with E-state index < -0.39 is 0 Å². The van der Waals surface area contributed by atoms with Gasteiger partial charge in [0, 0.05) is 12.8 Å². The third-order valence-corrected chi connectivity index (χ3v) is 2.94. The Morgan fingerprint density at radius 1 is 1.06 bits per heavy atom. The Morgan fingerprint density at radius 2 is 1.75 bits per heavy atom. The number of Topliss-reactive ketones (excluding diaryl/α,β-unsaturated/α-hetero) is 1. The Hall–Kier alpha value is -1.11. The first kappa shape index (κ1) is 13.0. The molecule has 0 saturated carbocycles. The van der Waals surface area contributed by atoms with Gasteiger partial charge < -0.3 is 0 Å². The summed E-state index contributed by atoms with van der Waals surface area (Å²) in [6.07, 6.45) is 6.02. The molecule has 0 aliphatic rings. The van der Waals surface area contributed by atoms with Gasteiger partial charge >= 0.3 is 0 Å². The second-order valence-electron chi connectivity index (χ2n) is 4.44. The van der Waals surface area contributed by atoms with Crippen LogP contribution in [0.4, 0.5) is 0 Å². The van der Waals surface area contributed by atoms with Crippen molar-refractivity contribution in [1.29, 1.82) is 0 Å². The molecule has 1 heteroatoms. The van der Waals surface area contributed by atoms with E-state index in [-0.39, 0.29) is 0 Å². The lowest BCUT2D eigenvalue weighted by atomic mass is 10.0. The highest BCUT2D eigenvalue weighted by Gasteiger charge is 1.98. The molecule has 0 fully saturated rings. The van der Waals surface area contributed by atoms with Crippen molar-refractivity contribution in [2.45, 2.75) is 52.4 Å². The van der Waals surface area contributed by atoms with Gasteiger partial charge in [-0.1, -0.05) is 43.2 Å². The van der Waals surface area contributed by atoms with Crippen LogP contribution in [0.15, 0.2) is 24.3 Å². The molecule has 16 heavy (non-hydrogen) atoms. The van der Waals surface area contributed by atoms with Gasteiger partial charge in [-0.3, -0.25) is 4.79 Å². The van der Waals surface area contributed by atoms with E-state index in [4.69, 9.17) is 0 Å². The molecular formula is C15H22O. The van der Waals surface area contributed by atoms with Crippen LogP contribution in [-0.4, -0.2) is 5.78 Å². The van der Waals surface area contributed by atoms with Gasteiger partial charge in [-0.15, -0.1) is 0 Å². The van der Waals surface area contributed by atoms with Crippen molar-refractivity contribution >= 4 is 5.78 Å². The number of benzene rings is 1. The standard InChI is InChI=1S/C15H22O/c1-3-15(16)8-6-4-5-7-14-11-9-13(2)10-12-14/h9-12H,3-8H2,1-2H3. The number of carbonyl (C=O) groups excluding carboxylic acids is 1. The second kappa shape index (κ2) is 7.21. The van der Waals surface area contributed by atoms with Crippen LogP contribution in [-0.2, 0) is 11.2 Å². The van der Waals surface area contributed by atoms with Crippen LogP contribution in [0, 0.1) is 6.92 Å². The average molecular weight is 218 g/mol. The molecule has 0 heterocycles. The average Bonchev–Trinajstić information content (AvgIpc) is 2.31. The Bertz CT molecular complexity index is 311. The van der Waals surface area contributed by atoms with Crippen molar-refractivity contribution < 1.29 is 4.79 Å². The molecule has 0 N–H and O–H groups in total. The number of aryl methyl sites for hydroxylation is 2. The SMILES string of the molecule is CCC(=O)CCCCCc1ccc(C)cc1. The smallest absolute Gasteiger partial charge is 0.132 e. The third-order valence-electron chi connectivity index (χ3n) is 2.94. The predicted octanol–water partition coefficient (Wildman–Crippen LogP) is 4.08. The van der Waals surface area contributed by atoms with Crippen LogP contribution in [0.25, 0.3) is 0 Å². The minimum atomic E-state index is 0.398. The van der Waals surface area contributed by atoms with Gasteiger partial charge in [0.25, 0.3) is 0 Å². The lowest BCUT2D eigenvalue weighted by Gasteiger charge is -2.02. The molecule has 0 aliphatic carbocycles. The summed E-state index contributed by atoms with van der Waals surface area (Å²) < 4.78 is 0. The molecule has 0 bridgehead atoms. The number of ketones is 1. The fraction of sp³-hybridized carbons (Fsp3) is 0.533. The fourth-order valence-electron chi connectivity index (χ4n) is 1.76. The van der Waals surface area contributed by atoms with E-state index in [2.05, 4.69) is 31.2 Å². The second-order valence-corrected chi connectivity index (χ2v) is 4.44. The zero-order valence-corrected chi connectivity index (χ0v) is 10.5. The summed E-state index contributed by atoms with van der Waals surface area (Å²) in [6, 6.07) is 8.73. The van der Waals surface area contributed by atoms with Gasteiger partial charge in [-0.05, 0) is 31.7 Å². The minimum Gasteiger partial charge on any atom is -0.300 e. The first-order valence-electron chi connectivity index (χ1n) is 6.29. The summed E-state index contributed by atoms with van der Waals surface area (Å²) in [5, 5.41) is 0. The van der Waals surface area contributed by atoms with E-state index in [1.54, 1.807) is 0 Å². The van der Waals surface area contributed by atoms with Crippen LogP contribution in [0.1, 0.15) is 50.2 Å². The van der Waals surface area contributed by atoms with Crippen LogP contribution >= 0.6 is 0 Å². The number of rotatable bonds is 7. The summed E-state index contributed by atoms with van der Waals surface area (Å²) >= 11 is 0. The van der Waals surface area contributed by atoms with Crippen molar-refractivity contribution in [2.24, 2.45) is 0 Å². The minimum absolute atomic E-state index is 0.398. The zero-order valence-electron chi connectivity index (χ0n) is 10.5. The van der Waals surface area contributed by atoms with E-state index in [1.807, 2.05) is 6.92 Å². The molecule has 0 radical (unpaired) electrons. The Morgan fingerprint density at radius 3 is 2.38 bits per heavy atom. The molecule has 0 spiro atoms. The normalized spacial score (nSPS) is 10.4. The number of hydrogen-bond donors (Lipinski definition) is 0. The molecule has 1 rings (SSSR count). The largest absolute Gasteiger partial charge is 0.300 e. The van der Waals surface area contributed by atoms with Crippen molar-refractivity contribution in [3.05, 3.63) is 35.4 Å². The summed E-state index contributed by atoms with van der Waals surface area (Å²) in [7, 11) is 0. The summed E-state index contributed by atoms with van der Waals surface area (Å²) in [4.78, 5) is 11.1. The van der Waals surface area contributed by atoms with Crippen LogP contribution in [0.2, 0.25) is 0 Å². The van der Waals surface area contributed by atoms with E-state index in [0.717, 1.165) is 19.3 Å². The Balaban J connectivity index is 2.11. The lowest BCUT2D eigenvalue weighted by Crippen LogP contribution is -1.94. The van der Waals surface area contributed by atoms with Crippen molar-refractivity contribution in [3.8, 4) is 0 Å². The van der Waals surface area contributed by atoms with Gasteiger partial charge in [-0.2, -0.15) is 0 Å². The fourth-order valence-corrected chi connectivity index (χ4v) is 1.76. The highest BCUT2D eigenvalue weighted by atomic mass is 16.1. The van der Waals surface area contributed by atoms with Crippen LogP contribution in [0.5, 0.6) is 0 Å². The Labute approximate surface area is 98.9 Å². The van der Waals surface area contributed by atoms with E-state index in [9.17, 15) is 4.79 Å². The molecule has 1 aromatic rings. The summed E-state index contributed by atoms with van der Waals surface area (Å²) in [5.74, 6) is 0.398. The maximum atomic E-state index is 11.1. The molecule has 0 amide bonds. The lowest BCUT2D eigenvalue weighted by molar-refractivity contribution is -0.118. The quantitative estimate of drug-likeness (QED) is 0.630.